The van der Waals surface area contributed by atoms with Crippen molar-refractivity contribution in [2.75, 3.05) is 0 Å². The highest BCUT2D eigenvalue weighted by atomic mass is 16.5. The SMILES string of the molecule is CCn1c(=O)[nH]c2cc(C(=O)NCc3nc(C)no3)ccc2c1=O. The van der Waals surface area contributed by atoms with E-state index in [-0.39, 0.29) is 24.6 Å². The topological polar surface area (TPSA) is 123 Å². The summed E-state index contributed by atoms with van der Waals surface area (Å²) in [6.45, 7) is 3.75. The van der Waals surface area contributed by atoms with Gasteiger partial charge in [-0.15, -0.1) is 0 Å². The zero-order valence-corrected chi connectivity index (χ0v) is 13.1. The molecular formula is C15H15N5O4. The van der Waals surface area contributed by atoms with E-state index in [1.165, 1.54) is 18.2 Å². The van der Waals surface area contributed by atoms with E-state index in [0.717, 1.165) is 4.57 Å². The number of H-pyrrole nitrogens is 1. The van der Waals surface area contributed by atoms with Crippen LogP contribution in [0.1, 0.15) is 29.0 Å². The third-order valence-electron chi connectivity index (χ3n) is 3.53. The minimum absolute atomic E-state index is 0.0889. The summed E-state index contributed by atoms with van der Waals surface area (Å²) < 4.78 is 6.01. The zero-order valence-electron chi connectivity index (χ0n) is 13.1. The normalized spacial score (nSPS) is 10.9. The first-order valence-corrected chi connectivity index (χ1v) is 7.34. The summed E-state index contributed by atoms with van der Waals surface area (Å²) in [6, 6.07) is 4.51. The van der Waals surface area contributed by atoms with Crippen LogP contribution < -0.4 is 16.6 Å². The molecule has 1 amide bonds. The lowest BCUT2D eigenvalue weighted by Crippen LogP contribution is -2.34. The lowest BCUT2D eigenvalue weighted by molar-refractivity contribution is 0.0946. The maximum Gasteiger partial charge on any atom is 0.328 e. The van der Waals surface area contributed by atoms with Gasteiger partial charge < -0.3 is 14.8 Å². The highest BCUT2D eigenvalue weighted by molar-refractivity contribution is 5.97. The molecular weight excluding hydrogens is 314 g/mol. The van der Waals surface area contributed by atoms with Gasteiger partial charge in [0.05, 0.1) is 17.4 Å². The Morgan fingerprint density at radius 2 is 2.17 bits per heavy atom. The van der Waals surface area contributed by atoms with Crippen LogP contribution in [0.2, 0.25) is 0 Å². The number of hydrogen-bond donors (Lipinski definition) is 2. The molecule has 0 aliphatic heterocycles. The number of carbonyl (C=O) groups excluding carboxylic acids is 1. The minimum Gasteiger partial charge on any atom is -0.343 e. The molecule has 2 aromatic heterocycles. The first-order chi connectivity index (χ1) is 11.5. The fourth-order valence-electron chi connectivity index (χ4n) is 2.35. The second-order valence-electron chi connectivity index (χ2n) is 5.16. The van der Waals surface area contributed by atoms with Crippen molar-refractivity contribution in [2.24, 2.45) is 0 Å². The van der Waals surface area contributed by atoms with Crippen LogP contribution in [0.3, 0.4) is 0 Å². The number of carbonyl (C=O) groups is 1. The molecule has 0 saturated heterocycles. The van der Waals surface area contributed by atoms with Gasteiger partial charge >= 0.3 is 5.69 Å². The fourth-order valence-corrected chi connectivity index (χ4v) is 2.35. The van der Waals surface area contributed by atoms with Crippen LogP contribution in [0.5, 0.6) is 0 Å². The molecule has 24 heavy (non-hydrogen) atoms. The van der Waals surface area contributed by atoms with Gasteiger partial charge in [0.2, 0.25) is 5.89 Å². The van der Waals surface area contributed by atoms with E-state index in [1.807, 2.05) is 0 Å². The molecule has 2 N–H and O–H groups in total. The molecule has 0 unspecified atom stereocenters. The van der Waals surface area contributed by atoms with Crippen molar-refractivity contribution in [1.29, 1.82) is 0 Å². The van der Waals surface area contributed by atoms with Gasteiger partial charge in [0.1, 0.15) is 0 Å². The van der Waals surface area contributed by atoms with Crippen LogP contribution in [0.15, 0.2) is 32.3 Å². The van der Waals surface area contributed by atoms with Crippen LogP contribution >= 0.6 is 0 Å². The molecule has 0 radical (unpaired) electrons. The second kappa shape index (κ2) is 6.11. The molecule has 2 heterocycles. The van der Waals surface area contributed by atoms with Crippen LogP contribution in [-0.4, -0.2) is 25.6 Å². The Labute approximate surface area is 135 Å². The molecule has 0 aliphatic rings. The van der Waals surface area contributed by atoms with Crippen LogP contribution in [0, 0.1) is 6.92 Å². The lowest BCUT2D eigenvalue weighted by atomic mass is 10.1. The van der Waals surface area contributed by atoms with Crippen LogP contribution in [0.4, 0.5) is 0 Å². The first-order valence-electron chi connectivity index (χ1n) is 7.34. The molecule has 0 saturated carbocycles. The molecule has 1 aromatic carbocycles. The van der Waals surface area contributed by atoms with Crippen molar-refractivity contribution in [2.45, 2.75) is 26.9 Å². The molecule has 9 nitrogen and oxygen atoms in total. The van der Waals surface area contributed by atoms with Gasteiger partial charge in [-0.2, -0.15) is 4.98 Å². The quantitative estimate of drug-likeness (QED) is 0.711. The Bertz CT molecular complexity index is 1030. The zero-order chi connectivity index (χ0) is 17.3. The van der Waals surface area contributed by atoms with Gasteiger partial charge in [-0.05, 0) is 32.0 Å². The third kappa shape index (κ3) is 2.83. The van der Waals surface area contributed by atoms with Gasteiger partial charge in [-0.3, -0.25) is 14.2 Å². The molecule has 3 rings (SSSR count). The first kappa shape index (κ1) is 15.7. The summed E-state index contributed by atoms with van der Waals surface area (Å²) in [7, 11) is 0. The van der Waals surface area contributed by atoms with E-state index in [4.69, 9.17) is 4.52 Å². The Morgan fingerprint density at radius 1 is 1.38 bits per heavy atom. The molecule has 0 aliphatic carbocycles. The summed E-state index contributed by atoms with van der Waals surface area (Å²) in [5.41, 5.74) is -0.266. The summed E-state index contributed by atoms with van der Waals surface area (Å²) >= 11 is 0. The number of nitrogens with zero attached hydrogens (tertiary/aromatic N) is 3. The monoisotopic (exact) mass is 329 g/mol. The van der Waals surface area contributed by atoms with Crippen molar-refractivity contribution in [3.05, 3.63) is 56.3 Å². The van der Waals surface area contributed by atoms with E-state index in [2.05, 4.69) is 20.4 Å². The number of aryl methyl sites for hydroxylation is 1. The Morgan fingerprint density at radius 3 is 2.83 bits per heavy atom. The van der Waals surface area contributed by atoms with Crippen molar-refractivity contribution in [3.63, 3.8) is 0 Å². The van der Waals surface area contributed by atoms with E-state index >= 15 is 0 Å². The van der Waals surface area contributed by atoms with E-state index in [1.54, 1.807) is 13.8 Å². The van der Waals surface area contributed by atoms with Gasteiger partial charge in [0, 0.05) is 12.1 Å². The average Bonchev–Trinajstić information content (AvgIpc) is 2.98. The third-order valence-corrected chi connectivity index (χ3v) is 3.53. The summed E-state index contributed by atoms with van der Waals surface area (Å²) in [5, 5.41) is 6.61. The predicted molar refractivity (Wildman–Crippen MR) is 84.7 cm³/mol. The number of benzene rings is 1. The number of amides is 1. The Kier molecular flexibility index (Phi) is 3.98. The number of aromatic amines is 1. The van der Waals surface area contributed by atoms with Gasteiger partial charge in [0.15, 0.2) is 5.82 Å². The van der Waals surface area contributed by atoms with Crippen molar-refractivity contribution < 1.29 is 9.32 Å². The number of fused-ring (bicyclic) bond motifs is 1. The highest BCUT2D eigenvalue weighted by Gasteiger charge is 2.12. The fraction of sp³-hybridized carbons (Fsp3) is 0.267. The number of rotatable bonds is 4. The molecule has 0 spiro atoms. The summed E-state index contributed by atoms with van der Waals surface area (Å²) in [5.74, 6) is 0.392. The van der Waals surface area contributed by atoms with Crippen LogP contribution in [0.25, 0.3) is 10.9 Å². The molecule has 3 aromatic rings. The number of hydrogen-bond acceptors (Lipinski definition) is 6. The van der Waals surface area contributed by atoms with E-state index in [0.29, 0.717) is 28.2 Å². The van der Waals surface area contributed by atoms with Gasteiger partial charge in [-0.1, -0.05) is 5.16 Å². The smallest absolute Gasteiger partial charge is 0.328 e. The average molecular weight is 329 g/mol. The van der Waals surface area contributed by atoms with Gasteiger partial charge in [0.25, 0.3) is 11.5 Å². The maximum atomic E-state index is 12.2. The minimum atomic E-state index is -0.506. The largest absolute Gasteiger partial charge is 0.343 e. The van der Waals surface area contributed by atoms with Crippen molar-refractivity contribution in [1.82, 2.24) is 25.0 Å². The number of aromatic nitrogens is 4. The predicted octanol–water partition coefficient (Wildman–Crippen LogP) is 0.331. The Hall–Kier alpha value is -3.23. The maximum absolute atomic E-state index is 12.2. The lowest BCUT2D eigenvalue weighted by Gasteiger charge is -2.06. The molecule has 0 bridgehead atoms. The van der Waals surface area contributed by atoms with Crippen LogP contribution in [-0.2, 0) is 13.1 Å². The Balaban J connectivity index is 1.88. The van der Waals surface area contributed by atoms with Crippen molar-refractivity contribution in [3.8, 4) is 0 Å². The second-order valence-corrected chi connectivity index (χ2v) is 5.16. The number of nitrogens with one attached hydrogen (secondary N) is 2. The highest BCUT2D eigenvalue weighted by Crippen LogP contribution is 2.09. The molecule has 0 fully saturated rings. The standard InChI is InChI=1S/C15H15N5O4/c1-3-20-14(22)10-5-4-9(6-11(10)18-15(20)23)13(21)16-7-12-17-8(2)19-24-12/h4-6H,3,7H2,1-2H3,(H,16,21)(H,18,23). The van der Waals surface area contributed by atoms with E-state index in [9.17, 15) is 14.4 Å². The van der Waals surface area contributed by atoms with E-state index < -0.39 is 5.69 Å². The molecule has 9 heteroatoms. The van der Waals surface area contributed by atoms with Crippen molar-refractivity contribution >= 4 is 16.8 Å². The summed E-state index contributed by atoms with van der Waals surface area (Å²) in [6.07, 6.45) is 0. The van der Waals surface area contributed by atoms with Gasteiger partial charge in [-0.25, -0.2) is 4.79 Å². The summed E-state index contributed by atoms with van der Waals surface area (Å²) in [4.78, 5) is 42.8. The molecule has 0 atom stereocenters. The molecule has 124 valence electrons.